The Bertz CT molecular complexity index is 613. The second kappa shape index (κ2) is 7.71. The molecule has 1 aliphatic rings. The van der Waals surface area contributed by atoms with Gasteiger partial charge < -0.3 is 16.0 Å². The van der Waals surface area contributed by atoms with E-state index in [1.165, 1.54) is 12.8 Å². The fourth-order valence-corrected chi connectivity index (χ4v) is 2.53. The van der Waals surface area contributed by atoms with E-state index >= 15 is 0 Å². The molecular formula is C16H19ClN4O. The molecule has 5 nitrogen and oxygen atoms in total. The molecule has 0 aliphatic carbocycles. The van der Waals surface area contributed by atoms with Gasteiger partial charge in [-0.15, -0.1) is 0 Å². The van der Waals surface area contributed by atoms with Crippen LogP contribution in [0.15, 0.2) is 30.0 Å². The van der Waals surface area contributed by atoms with Crippen molar-refractivity contribution in [2.24, 2.45) is 0 Å². The van der Waals surface area contributed by atoms with E-state index in [0.29, 0.717) is 16.4 Å². The number of nitrogen functional groups attached to an aromatic ring is 1. The number of nitriles is 1. The number of halogens is 1. The van der Waals surface area contributed by atoms with E-state index < -0.39 is 5.91 Å². The Morgan fingerprint density at radius 2 is 2.00 bits per heavy atom. The molecule has 0 bridgehead atoms. The minimum atomic E-state index is -0.437. The van der Waals surface area contributed by atoms with Crippen LogP contribution in [0.4, 0.5) is 11.4 Å². The SMILES string of the molecule is N#C/C(=C/N1CCCCCC1)C(=O)Nc1ccc(N)c(Cl)c1. The first kappa shape index (κ1) is 16.2. The summed E-state index contributed by atoms with van der Waals surface area (Å²) in [6.45, 7) is 1.76. The van der Waals surface area contributed by atoms with Crippen molar-refractivity contribution in [2.75, 3.05) is 24.1 Å². The average Bonchev–Trinajstić information content (AvgIpc) is 2.77. The largest absolute Gasteiger partial charge is 0.398 e. The second-order valence-corrected chi connectivity index (χ2v) is 5.70. The Balaban J connectivity index is 2.07. The molecule has 1 amide bonds. The first-order chi connectivity index (χ1) is 10.6. The van der Waals surface area contributed by atoms with Gasteiger partial charge in [0.15, 0.2) is 0 Å². The summed E-state index contributed by atoms with van der Waals surface area (Å²) >= 11 is 5.92. The summed E-state index contributed by atoms with van der Waals surface area (Å²) in [6, 6.07) is 6.80. The van der Waals surface area contributed by atoms with Crippen LogP contribution in [0.25, 0.3) is 0 Å². The molecule has 6 heteroatoms. The number of nitrogens with two attached hydrogens (primary N) is 1. The van der Waals surface area contributed by atoms with Crippen molar-refractivity contribution in [3.8, 4) is 6.07 Å². The lowest BCUT2D eigenvalue weighted by atomic mass is 10.2. The lowest BCUT2D eigenvalue weighted by molar-refractivity contribution is -0.112. The van der Waals surface area contributed by atoms with Crippen molar-refractivity contribution in [3.63, 3.8) is 0 Å². The van der Waals surface area contributed by atoms with Crippen LogP contribution in [0.1, 0.15) is 25.7 Å². The summed E-state index contributed by atoms with van der Waals surface area (Å²) in [4.78, 5) is 14.2. The first-order valence-electron chi connectivity index (χ1n) is 7.32. The number of likely N-dealkylation sites (tertiary alicyclic amines) is 1. The molecule has 1 saturated heterocycles. The number of carbonyl (C=O) groups excluding carboxylic acids is 1. The standard InChI is InChI=1S/C16H19ClN4O/c17-14-9-13(5-6-15(14)19)20-16(22)12(10-18)11-21-7-3-1-2-4-8-21/h5-6,9,11H,1-4,7-8,19H2,(H,20,22)/b12-11-. The van der Waals surface area contributed by atoms with E-state index in [-0.39, 0.29) is 5.57 Å². The molecule has 0 unspecified atom stereocenters. The van der Waals surface area contributed by atoms with Crippen molar-refractivity contribution in [2.45, 2.75) is 25.7 Å². The Labute approximate surface area is 135 Å². The number of hydrogen-bond acceptors (Lipinski definition) is 4. The Kier molecular flexibility index (Phi) is 5.68. The van der Waals surface area contributed by atoms with E-state index in [1.54, 1.807) is 24.4 Å². The summed E-state index contributed by atoms with van der Waals surface area (Å²) in [7, 11) is 0. The van der Waals surface area contributed by atoms with Crippen LogP contribution >= 0.6 is 11.6 Å². The molecule has 1 fully saturated rings. The predicted octanol–water partition coefficient (Wildman–Crippen LogP) is 3.14. The number of benzene rings is 1. The quantitative estimate of drug-likeness (QED) is 0.509. The zero-order valence-electron chi connectivity index (χ0n) is 12.3. The van der Waals surface area contributed by atoms with E-state index in [4.69, 9.17) is 17.3 Å². The second-order valence-electron chi connectivity index (χ2n) is 5.30. The highest BCUT2D eigenvalue weighted by Gasteiger charge is 2.13. The van der Waals surface area contributed by atoms with Crippen LogP contribution in [0.2, 0.25) is 5.02 Å². The Morgan fingerprint density at radius 1 is 1.32 bits per heavy atom. The molecule has 0 atom stereocenters. The lowest BCUT2D eigenvalue weighted by Gasteiger charge is -2.17. The minimum Gasteiger partial charge on any atom is -0.398 e. The Morgan fingerprint density at radius 3 is 2.59 bits per heavy atom. The van der Waals surface area contributed by atoms with Crippen LogP contribution in [-0.4, -0.2) is 23.9 Å². The lowest BCUT2D eigenvalue weighted by Crippen LogP contribution is -2.22. The van der Waals surface area contributed by atoms with Crippen molar-refractivity contribution in [3.05, 3.63) is 35.0 Å². The molecule has 1 aromatic carbocycles. The number of anilines is 2. The molecule has 22 heavy (non-hydrogen) atoms. The zero-order valence-corrected chi connectivity index (χ0v) is 13.1. The third kappa shape index (κ3) is 4.40. The smallest absolute Gasteiger partial charge is 0.267 e. The van der Waals surface area contributed by atoms with Crippen LogP contribution in [0.3, 0.4) is 0 Å². The summed E-state index contributed by atoms with van der Waals surface area (Å²) in [5, 5.41) is 12.3. The fraction of sp³-hybridized carbons (Fsp3) is 0.375. The zero-order chi connectivity index (χ0) is 15.9. The van der Waals surface area contributed by atoms with Crippen LogP contribution in [-0.2, 0) is 4.79 Å². The van der Waals surface area contributed by atoms with Gasteiger partial charge in [0, 0.05) is 25.0 Å². The van der Waals surface area contributed by atoms with Gasteiger partial charge >= 0.3 is 0 Å². The van der Waals surface area contributed by atoms with Gasteiger partial charge in [-0.05, 0) is 31.0 Å². The van der Waals surface area contributed by atoms with Gasteiger partial charge in [0.1, 0.15) is 11.6 Å². The van der Waals surface area contributed by atoms with E-state index in [2.05, 4.69) is 5.32 Å². The van der Waals surface area contributed by atoms with Crippen LogP contribution < -0.4 is 11.1 Å². The fourth-order valence-electron chi connectivity index (χ4n) is 2.35. The van der Waals surface area contributed by atoms with Crippen molar-refractivity contribution < 1.29 is 4.79 Å². The van der Waals surface area contributed by atoms with E-state index in [0.717, 1.165) is 25.9 Å². The van der Waals surface area contributed by atoms with Gasteiger partial charge in [0.25, 0.3) is 5.91 Å². The first-order valence-corrected chi connectivity index (χ1v) is 7.70. The highest BCUT2D eigenvalue weighted by Crippen LogP contribution is 2.23. The summed E-state index contributed by atoms with van der Waals surface area (Å²) in [6.07, 6.45) is 6.22. The highest BCUT2D eigenvalue weighted by atomic mass is 35.5. The predicted molar refractivity (Wildman–Crippen MR) is 88.2 cm³/mol. The van der Waals surface area contributed by atoms with Crippen molar-refractivity contribution in [1.29, 1.82) is 5.26 Å². The van der Waals surface area contributed by atoms with Gasteiger partial charge in [0.05, 0.1) is 10.7 Å². The van der Waals surface area contributed by atoms with Gasteiger partial charge in [-0.3, -0.25) is 4.79 Å². The van der Waals surface area contributed by atoms with Gasteiger partial charge in [-0.2, -0.15) is 5.26 Å². The molecule has 3 N–H and O–H groups in total. The topological polar surface area (TPSA) is 82.2 Å². The van der Waals surface area contributed by atoms with E-state index in [9.17, 15) is 10.1 Å². The van der Waals surface area contributed by atoms with Gasteiger partial charge in [-0.1, -0.05) is 24.4 Å². The van der Waals surface area contributed by atoms with Gasteiger partial charge in [-0.25, -0.2) is 0 Å². The van der Waals surface area contributed by atoms with E-state index in [1.807, 2.05) is 11.0 Å². The number of hydrogen-bond donors (Lipinski definition) is 2. The maximum Gasteiger partial charge on any atom is 0.267 e. The minimum absolute atomic E-state index is 0.0925. The number of rotatable bonds is 3. The molecule has 116 valence electrons. The van der Waals surface area contributed by atoms with Gasteiger partial charge in [0.2, 0.25) is 0 Å². The third-order valence-electron chi connectivity index (χ3n) is 3.58. The molecule has 0 saturated carbocycles. The molecular weight excluding hydrogens is 300 g/mol. The monoisotopic (exact) mass is 318 g/mol. The van der Waals surface area contributed by atoms with Crippen LogP contribution in [0.5, 0.6) is 0 Å². The summed E-state index contributed by atoms with van der Waals surface area (Å²) in [5.41, 5.74) is 6.68. The summed E-state index contributed by atoms with van der Waals surface area (Å²) in [5.74, 6) is -0.437. The molecule has 0 spiro atoms. The van der Waals surface area contributed by atoms with Crippen LogP contribution in [0, 0.1) is 11.3 Å². The summed E-state index contributed by atoms with van der Waals surface area (Å²) < 4.78 is 0. The maximum atomic E-state index is 12.2. The molecule has 1 aromatic rings. The molecule has 0 radical (unpaired) electrons. The molecule has 2 rings (SSSR count). The average molecular weight is 319 g/mol. The van der Waals surface area contributed by atoms with Crippen molar-refractivity contribution in [1.82, 2.24) is 4.90 Å². The third-order valence-corrected chi connectivity index (χ3v) is 3.90. The molecule has 1 heterocycles. The molecule has 1 aliphatic heterocycles. The molecule has 0 aromatic heterocycles. The number of nitrogens with zero attached hydrogens (tertiary/aromatic N) is 2. The number of nitrogens with one attached hydrogen (secondary N) is 1. The number of carbonyl (C=O) groups is 1. The normalized spacial score (nSPS) is 15.8. The maximum absolute atomic E-state index is 12.2. The highest BCUT2D eigenvalue weighted by molar-refractivity contribution is 6.33. The van der Waals surface area contributed by atoms with Crippen molar-refractivity contribution >= 4 is 28.9 Å². The number of amides is 1. The Hall–Kier alpha value is -2.19.